The second-order valence-corrected chi connectivity index (χ2v) is 11.4. The second-order valence-electron chi connectivity index (χ2n) is 6.51. The Morgan fingerprint density at radius 3 is 0.933 bits per heavy atom. The largest absolute Gasteiger partial charge is 2.00 e. The van der Waals surface area contributed by atoms with Crippen LogP contribution in [0.4, 0.5) is 0 Å². The molecule has 38 N–H and O–H groups in total. The molecule has 0 radical (unpaired) electrons. The first-order chi connectivity index (χ1) is 14.5. The fourth-order valence-electron chi connectivity index (χ4n) is 1.93. The molecule has 0 aromatic heterocycles. The van der Waals surface area contributed by atoms with Crippen molar-refractivity contribution in [1.82, 2.24) is 0 Å². The fraction of sp³-hybridized carbons (Fsp3) is 0.667. The minimum atomic E-state index is -4.37. The van der Waals surface area contributed by atoms with Crippen LogP contribution in [0.5, 0.6) is 0 Å². The number of carboxylic acid groups (broad SMARTS) is 2. The van der Waals surface area contributed by atoms with Crippen LogP contribution in [0.1, 0.15) is 0 Å². The SMILES string of the molecule is NC(=[NH2+])SCC1(C(=O)[O-])COP(=O)([O-])OC1.NC(=[NH2+])SCC1(C(=O)[O-])COP(=O)([O-])OC1.O.O.O.O.O.O.[Ni+2].[OH3+].[OH3+].[OH3+].[OH3+].[OH3+].[OH3+]. The molecule has 2 rings (SSSR count). The predicted octanol–water partition coefficient (Wildman–Crippen LogP) is -18.4. The number of rotatable bonds is 6. The van der Waals surface area contributed by atoms with Crippen LogP contribution >= 0.6 is 39.2 Å². The molecule has 2 heterocycles. The average Bonchev–Trinajstić information content (AvgIpc) is 2.67. The Labute approximate surface area is 271 Å². The maximum Gasteiger partial charge on any atom is 2.00 e. The molecule has 288 valence electrons. The van der Waals surface area contributed by atoms with Crippen molar-refractivity contribution in [3.8, 4) is 0 Å². The Morgan fingerprint density at radius 2 is 0.800 bits per heavy atom. The van der Waals surface area contributed by atoms with Crippen molar-refractivity contribution in [2.75, 3.05) is 37.9 Å². The molecule has 2 saturated heterocycles. The molecule has 0 unspecified atom stereocenters. The van der Waals surface area contributed by atoms with Crippen molar-refractivity contribution < 1.29 is 150 Å². The van der Waals surface area contributed by atoms with Crippen molar-refractivity contribution in [1.29, 1.82) is 0 Å². The van der Waals surface area contributed by atoms with Crippen molar-refractivity contribution in [3.63, 3.8) is 0 Å². The van der Waals surface area contributed by atoms with Gasteiger partial charge in [-0.05, 0) is 23.5 Å². The molecule has 0 atom stereocenters. The summed E-state index contributed by atoms with van der Waals surface area (Å²) in [6, 6.07) is 0. The quantitative estimate of drug-likeness (QED) is 0.0635. The Hall–Kier alpha value is -1.19. The summed E-state index contributed by atoms with van der Waals surface area (Å²) in [5, 5.41) is 32.1. The Bertz CT molecular complexity index is 775. The van der Waals surface area contributed by atoms with Crippen LogP contribution < -0.4 is 42.3 Å². The third-order valence-corrected chi connectivity index (χ3v) is 7.73. The molecular weight excluding hydrogens is 769 g/mol. The second kappa shape index (κ2) is 34.2. The van der Waals surface area contributed by atoms with E-state index in [1.165, 1.54) is 0 Å². The molecule has 2 fully saturated rings. The van der Waals surface area contributed by atoms with Crippen molar-refractivity contribution >= 4 is 61.4 Å². The van der Waals surface area contributed by atoms with E-state index in [2.05, 4.69) is 18.1 Å². The van der Waals surface area contributed by atoms with Crippen LogP contribution in [0, 0.1) is 10.8 Å². The first-order valence-electron chi connectivity index (χ1n) is 8.19. The van der Waals surface area contributed by atoms with Gasteiger partial charge in [0.25, 0.3) is 26.0 Å². The number of aliphatic carboxylic acids is 2. The van der Waals surface area contributed by atoms with Gasteiger partial charge in [-0.2, -0.15) is 0 Å². The summed E-state index contributed by atoms with van der Waals surface area (Å²) in [5.74, 6) is -3.11. The smallest absolute Gasteiger partial charge is 0.756 e. The number of nitrogens with two attached hydrogens (primary N) is 4. The Kier molecular flexibility index (Phi) is 64.2. The van der Waals surface area contributed by atoms with Gasteiger partial charge in [-0.1, -0.05) is 0 Å². The number of hydrogen-bond donors (Lipinski definition) is 4. The number of phosphoric acid groups is 2. The molecule has 0 aliphatic carbocycles. The number of phosphoric ester groups is 2. The van der Waals surface area contributed by atoms with Gasteiger partial charge in [0.05, 0.1) is 49.2 Å². The number of carbonyl (C=O) groups is 2. The molecule has 0 aromatic rings. The normalized spacial score (nSPS) is 24.6. The van der Waals surface area contributed by atoms with Crippen LogP contribution in [0.3, 0.4) is 0 Å². The fourth-order valence-corrected chi connectivity index (χ4v) is 5.16. The van der Waals surface area contributed by atoms with E-state index in [0.717, 1.165) is 23.5 Å². The molecule has 45 heavy (non-hydrogen) atoms. The molecule has 0 spiro atoms. The van der Waals surface area contributed by atoms with Crippen LogP contribution in [0.2, 0.25) is 0 Å². The summed E-state index contributed by atoms with van der Waals surface area (Å²) in [6.45, 7) is -2.18. The number of thioether (sulfide) groups is 2. The molecule has 2 aliphatic heterocycles. The Balaban J connectivity index is -0.0000000321. The number of hydrogen-bond acceptors (Lipinski definition) is 14. The van der Waals surface area contributed by atoms with Gasteiger partial charge in [-0.15, -0.1) is 0 Å². The summed E-state index contributed by atoms with van der Waals surface area (Å²) in [6.07, 6.45) is 0. The zero-order valence-corrected chi connectivity index (χ0v) is 27.4. The van der Waals surface area contributed by atoms with Gasteiger partial charge in [0.1, 0.15) is 0 Å². The van der Waals surface area contributed by atoms with Crippen molar-refractivity contribution in [2.24, 2.45) is 22.3 Å². The van der Waals surface area contributed by atoms with Gasteiger partial charge in [0, 0.05) is 11.5 Å². The summed E-state index contributed by atoms with van der Waals surface area (Å²) in [5.41, 5.74) is 7.21. The first-order valence-corrected chi connectivity index (χ1v) is 13.1. The third kappa shape index (κ3) is 27.6. The monoisotopic (exact) mass is 818 g/mol. The first kappa shape index (κ1) is 84.6. The molecule has 0 bridgehead atoms. The van der Waals surface area contributed by atoms with Gasteiger partial charge >= 0.3 is 16.5 Å². The molecule has 28 nitrogen and oxygen atoms in total. The van der Waals surface area contributed by atoms with E-state index >= 15 is 0 Å². The Morgan fingerprint density at radius 1 is 0.622 bits per heavy atom. The molecule has 0 amide bonds. The molecule has 2 aliphatic rings. The summed E-state index contributed by atoms with van der Waals surface area (Å²) in [7, 11) is -8.75. The summed E-state index contributed by atoms with van der Waals surface area (Å²) < 4.78 is 38.9. The zero-order chi connectivity index (χ0) is 24.8. The van der Waals surface area contributed by atoms with E-state index in [9.17, 15) is 38.7 Å². The maximum atomic E-state index is 10.9. The van der Waals surface area contributed by atoms with Gasteiger partial charge in [0.2, 0.25) is 0 Å². The van der Waals surface area contributed by atoms with Gasteiger partial charge < -0.3 is 113 Å². The van der Waals surface area contributed by atoms with Crippen LogP contribution in [0.15, 0.2) is 0 Å². The van der Waals surface area contributed by atoms with Crippen molar-refractivity contribution in [2.45, 2.75) is 0 Å². The zero-order valence-electron chi connectivity index (χ0n) is 22.9. The van der Waals surface area contributed by atoms with Gasteiger partial charge in [-0.3, -0.25) is 31.4 Å². The average molecular weight is 819 g/mol. The minimum absolute atomic E-state index is 0. The van der Waals surface area contributed by atoms with Crippen LogP contribution in [-0.2, 0) is 86.2 Å². The van der Waals surface area contributed by atoms with Gasteiger partial charge in [0.15, 0.2) is 0 Å². The molecular formula is C12H50N4NiO24P2S2+6. The van der Waals surface area contributed by atoms with E-state index in [0.29, 0.717) is 0 Å². The van der Waals surface area contributed by atoms with E-state index in [1.54, 1.807) is 0 Å². The van der Waals surface area contributed by atoms with E-state index < -0.39 is 64.8 Å². The van der Waals surface area contributed by atoms with Crippen molar-refractivity contribution in [3.05, 3.63) is 0 Å². The third-order valence-electron chi connectivity index (χ3n) is 3.89. The summed E-state index contributed by atoms with van der Waals surface area (Å²) in [4.78, 5) is 43.5. The van der Waals surface area contributed by atoms with Crippen LogP contribution in [-0.4, -0.2) is 93.1 Å². The van der Waals surface area contributed by atoms with Crippen LogP contribution in [0.25, 0.3) is 0 Å². The molecule has 0 aromatic carbocycles. The van der Waals surface area contributed by atoms with E-state index in [-0.39, 0.29) is 104 Å². The number of amidine groups is 2. The van der Waals surface area contributed by atoms with E-state index in [4.69, 9.17) is 22.3 Å². The number of carboxylic acids is 2. The van der Waals surface area contributed by atoms with E-state index in [1.807, 2.05) is 0 Å². The number of carbonyl (C=O) groups excluding carboxylic acids is 2. The molecule has 33 heteroatoms. The minimum Gasteiger partial charge on any atom is -0.756 e. The summed E-state index contributed by atoms with van der Waals surface area (Å²) >= 11 is 1.73. The predicted molar refractivity (Wildman–Crippen MR) is 152 cm³/mol. The maximum absolute atomic E-state index is 10.9. The standard InChI is InChI=1S/2C6H11N2O6PS.Ni.12H2O/c2*7-5(8)16-3-6(4(9)10)1-13-15(11,12)14-2-6;;;;;;;;;;;;;/h2*1-3H2,(H3,7,8)(H,9,10)(H,11,12);;12*1H2/q;;+2;;;;;;;;;;;;/p+4. The van der Waals surface area contributed by atoms with Gasteiger partial charge in [-0.25, -0.2) is 0 Å². The topological polar surface area (TPSA) is 688 Å². The molecule has 0 saturated carbocycles.